The van der Waals surface area contributed by atoms with E-state index in [9.17, 15) is 0 Å². The zero-order valence-electron chi connectivity index (χ0n) is 16.1. The summed E-state index contributed by atoms with van der Waals surface area (Å²) in [6.07, 6.45) is 3.93. The predicted molar refractivity (Wildman–Crippen MR) is 107 cm³/mol. The number of imidazole rings is 1. The molecule has 1 aromatic heterocycles. The molecule has 0 saturated carbocycles. The monoisotopic (exact) mass is 354 g/mol. The molecule has 0 spiro atoms. The Morgan fingerprint density at radius 2 is 1.88 bits per heavy atom. The normalized spacial score (nSPS) is 15.6. The highest BCUT2D eigenvalue weighted by Gasteiger charge is 2.20. The zero-order valence-corrected chi connectivity index (χ0v) is 16.1. The van der Waals surface area contributed by atoms with E-state index in [1.807, 2.05) is 13.2 Å². The first-order chi connectivity index (χ1) is 12.7. The number of piperazine rings is 1. The van der Waals surface area contributed by atoms with Crippen LogP contribution in [0.1, 0.15) is 19.7 Å². The number of guanidine groups is 1. The van der Waals surface area contributed by atoms with E-state index in [0.29, 0.717) is 12.5 Å². The van der Waals surface area contributed by atoms with Gasteiger partial charge < -0.3 is 19.7 Å². The Morgan fingerprint density at radius 3 is 2.54 bits per heavy atom. The van der Waals surface area contributed by atoms with Gasteiger partial charge in [0.15, 0.2) is 5.96 Å². The molecule has 26 heavy (non-hydrogen) atoms. The van der Waals surface area contributed by atoms with Gasteiger partial charge in [-0.15, -0.1) is 0 Å². The fourth-order valence-electron chi connectivity index (χ4n) is 3.37. The Bertz CT molecular complexity index is 698. The molecule has 1 aromatic carbocycles. The first-order valence-electron chi connectivity index (χ1n) is 9.43. The summed E-state index contributed by atoms with van der Waals surface area (Å²) in [4.78, 5) is 13.7. The fourth-order valence-corrected chi connectivity index (χ4v) is 3.37. The predicted octanol–water partition coefficient (Wildman–Crippen LogP) is 2.44. The van der Waals surface area contributed by atoms with Crippen LogP contribution in [0.3, 0.4) is 0 Å². The fraction of sp³-hybridized carbons (Fsp3) is 0.500. The van der Waals surface area contributed by atoms with Gasteiger partial charge in [-0.25, -0.2) is 4.98 Å². The Morgan fingerprint density at radius 1 is 1.15 bits per heavy atom. The Kier molecular flexibility index (Phi) is 6.15. The molecule has 2 aromatic rings. The van der Waals surface area contributed by atoms with Gasteiger partial charge in [-0.2, -0.15) is 0 Å². The van der Waals surface area contributed by atoms with Crippen molar-refractivity contribution in [2.45, 2.75) is 26.9 Å². The summed E-state index contributed by atoms with van der Waals surface area (Å²) in [5, 5.41) is 3.48. The van der Waals surface area contributed by atoms with Crippen LogP contribution in [0.2, 0.25) is 0 Å². The molecule has 3 rings (SSSR count). The van der Waals surface area contributed by atoms with E-state index < -0.39 is 0 Å². The van der Waals surface area contributed by atoms with Crippen molar-refractivity contribution in [2.75, 3.05) is 38.1 Å². The minimum absolute atomic E-state index is 0.605. The summed E-state index contributed by atoms with van der Waals surface area (Å²) in [6, 6.07) is 10.6. The number of rotatable bonds is 5. The summed E-state index contributed by atoms with van der Waals surface area (Å²) < 4.78 is 2.22. The second-order valence-corrected chi connectivity index (χ2v) is 7.10. The summed E-state index contributed by atoms with van der Waals surface area (Å²) in [5.74, 6) is 2.62. The molecule has 6 nitrogen and oxygen atoms in total. The Labute approximate surface area is 156 Å². The maximum atomic E-state index is 4.49. The van der Waals surface area contributed by atoms with Crippen molar-refractivity contribution in [3.8, 4) is 0 Å². The van der Waals surface area contributed by atoms with E-state index >= 15 is 0 Å². The molecule has 1 saturated heterocycles. The highest BCUT2D eigenvalue weighted by molar-refractivity contribution is 5.80. The van der Waals surface area contributed by atoms with Crippen LogP contribution in [-0.2, 0) is 13.1 Å². The number of aromatic nitrogens is 2. The number of nitrogens with one attached hydrogen (secondary N) is 1. The number of hydrogen-bond donors (Lipinski definition) is 1. The van der Waals surface area contributed by atoms with E-state index in [0.717, 1.165) is 44.5 Å². The van der Waals surface area contributed by atoms with E-state index in [1.54, 1.807) is 0 Å². The lowest BCUT2D eigenvalue weighted by Crippen LogP contribution is -2.52. The van der Waals surface area contributed by atoms with Crippen LogP contribution in [0.15, 0.2) is 47.7 Å². The average Bonchev–Trinajstić information content (AvgIpc) is 3.10. The Balaban J connectivity index is 1.53. The first kappa shape index (κ1) is 18.3. The molecule has 0 unspecified atom stereocenters. The summed E-state index contributed by atoms with van der Waals surface area (Å²) >= 11 is 0. The summed E-state index contributed by atoms with van der Waals surface area (Å²) in [6.45, 7) is 10.1. The summed E-state index contributed by atoms with van der Waals surface area (Å²) in [5.41, 5.74) is 1.30. The molecular weight excluding hydrogens is 324 g/mol. The van der Waals surface area contributed by atoms with Gasteiger partial charge in [-0.3, -0.25) is 4.99 Å². The van der Waals surface area contributed by atoms with E-state index in [2.05, 4.69) is 80.0 Å². The van der Waals surface area contributed by atoms with Gasteiger partial charge in [0.25, 0.3) is 0 Å². The summed E-state index contributed by atoms with van der Waals surface area (Å²) in [7, 11) is 1.85. The molecule has 0 aliphatic carbocycles. The van der Waals surface area contributed by atoms with Crippen molar-refractivity contribution in [3.05, 3.63) is 48.5 Å². The second kappa shape index (κ2) is 8.74. The van der Waals surface area contributed by atoms with Crippen LogP contribution in [-0.4, -0.2) is 53.6 Å². The van der Waals surface area contributed by atoms with Crippen molar-refractivity contribution in [1.82, 2.24) is 19.8 Å². The molecular formula is C20H30N6. The van der Waals surface area contributed by atoms with Gasteiger partial charge in [0.05, 0.1) is 6.54 Å². The SMILES string of the molecule is CN=C(NCc1nccn1CC(C)C)N1CCN(c2ccccc2)CC1. The van der Waals surface area contributed by atoms with Gasteiger partial charge in [-0.05, 0) is 18.1 Å². The minimum atomic E-state index is 0.605. The van der Waals surface area contributed by atoms with Gasteiger partial charge in [0, 0.05) is 57.9 Å². The lowest BCUT2D eigenvalue weighted by Gasteiger charge is -2.37. The molecule has 1 aliphatic heterocycles. The molecule has 1 aliphatic rings. The maximum absolute atomic E-state index is 4.49. The number of benzene rings is 1. The van der Waals surface area contributed by atoms with Crippen LogP contribution in [0.5, 0.6) is 0 Å². The van der Waals surface area contributed by atoms with E-state index in [-0.39, 0.29) is 0 Å². The van der Waals surface area contributed by atoms with Crippen LogP contribution < -0.4 is 10.2 Å². The highest BCUT2D eigenvalue weighted by atomic mass is 15.3. The third-order valence-corrected chi connectivity index (χ3v) is 4.68. The van der Waals surface area contributed by atoms with Crippen molar-refractivity contribution >= 4 is 11.6 Å². The quantitative estimate of drug-likeness (QED) is 0.662. The van der Waals surface area contributed by atoms with Crippen molar-refractivity contribution in [3.63, 3.8) is 0 Å². The van der Waals surface area contributed by atoms with E-state index in [1.165, 1.54) is 5.69 Å². The second-order valence-electron chi connectivity index (χ2n) is 7.10. The third-order valence-electron chi connectivity index (χ3n) is 4.68. The number of hydrogen-bond acceptors (Lipinski definition) is 3. The maximum Gasteiger partial charge on any atom is 0.194 e. The molecule has 2 heterocycles. The number of para-hydroxylation sites is 1. The molecule has 0 radical (unpaired) electrons. The van der Waals surface area contributed by atoms with Gasteiger partial charge in [0.2, 0.25) is 0 Å². The van der Waals surface area contributed by atoms with Crippen molar-refractivity contribution < 1.29 is 0 Å². The minimum Gasteiger partial charge on any atom is -0.368 e. The van der Waals surface area contributed by atoms with Crippen LogP contribution >= 0.6 is 0 Å². The van der Waals surface area contributed by atoms with Gasteiger partial charge in [0.1, 0.15) is 5.82 Å². The lowest BCUT2D eigenvalue weighted by molar-refractivity contribution is 0.371. The molecule has 140 valence electrons. The largest absolute Gasteiger partial charge is 0.368 e. The molecule has 6 heteroatoms. The molecule has 0 amide bonds. The van der Waals surface area contributed by atoms with Crippen LogP contribution in [0.4, 0.5) is 5.69 Å². The van der Waals surface area contributed by atoms with Gasteiger partial charge >= 0.3 is 0 Å². The van der Waals surface area contributed by atoms with Crippen LogP contribution in [0, 0.1) is 5.92 Å². The highest BCUT2D eigenvalue weighted by Crippen LogP contribution is 2.15. The molecule has 0 bridgehead atoms. The van der Waals surface area contributed by atoms with Crippen molar-refractivity contribution in [1.29, 1.82) is 0 Å². The standard InChI is InChI=1S/C20H30N6/c1-17(2)16-26-10-9-22-19(26)15-23-20(21-3)25-13-11-24(12-14-25)18-7-5-4-6-8-18/h4-10,17H,11-16H2,1-3H3,(H,21,23). The topological polar surface area (TPSA) is 48.7 Å². The lowest BCUT2D eigenvalue weighted by atomic mass is 10.2. The first-order valence-corrected chi connectivity index (χ1v) is 9.43. The Hall–Kier alpha value is -2.50. The van der Waals surface area contributed by atoms with Gasteiger partial charge in [-0.1, -0.05) is 32.0 Å². The zero-order chi connectivity index (χ0) is 18.4. The van der Waals surface area contributed by atoms with E-state index in [4.69, 9.17) is 0 Å². The number of aliphatic imine (C=N–C) groups is 1. The van der Waals surface area contributed by atoms with Crippen molar-refractivity contribution in [2.24, 2.45) is 10.9 Å². The smallest absolute Gasteiger partial charge is 0.194 e. The van der Waals surface area contributed by atoms with Crippen LogP contribution in [0.25, 0.3) is 0 Å². The third kappa shape index (κ3) is 4.56. The average molecular weight is 355 g/mol. The molecule has 1 N–H and O–H groups in total. The number of anilines is 1. The molecule has 1 fully saturated rings. The number of nitrogens with zero attached hydrogens (tertiary/aromatic N) is 5. The molecule has 0 atom stereocenters.